The highest BCUT2D eigenvalue weighted by molar-refractivity contribution is 5.86. The smallest absolute Gasteiger partial charge is 0.247 e. The Morgan fingerprint density at radius 3 is 1.21 bits per heavy atom. The van der Waals surface area contributed by atoms with Gasteiger partial charge in [0, 0.05) is 24.5 Å². The van der Waals surface area contributed by atoms with Gasteiger partial charge in [-0.15, -0.1) is 0 Å². The molecule has 4 heterocycles. The zero-order chi connectivity index (χ0) is 42.3. The molecule has 308 valence electrons. The molecule has 0 aliphatic heterocycles. The SMILES string of the molecule is Cc1nc(Oc2ccccc2)c2nc(C)n(CCC(C=Cc3ccccc3)OC(C=Cc3ccccc3)CCn3c(C)nc4c(Oc5ccccc5)nc(C)c(C)c43)c2c1C. The number of nitrogens with zero attached hydrogens (tertiary/aromatic N) is 6. The van der Waals surface area contributed by atoms with Crippen molar-refractivity contribution in [3.63, 3.8) is 0 Å². The predicted molar refractivity (Wildman–Crippen MR) is 245 cm³/mol. The fourth-order valence-corrected chi connectivity index (χ4v) is 7.72. The van der Waals surface area contributed by atoms with Crippen LogP contribution in [0.15, 0.2) is 133 Å². The Labute approximate surface area is 358 Å². The van der Waals surface area contributed by atoms with Crippen molar-refractivity contribution in [2.45, 2.75) is 79.7 Å². The Kier molecular flexibility index (Phi) is 12.5. The van der Waals surface area contributed by atoms with Gasteiger partial charge in [0.1, 0.15) is 23.1 Å². The normalized spacial score (nSPS) is 12.8. The van der Waals surface area contributed by atoms with Crippen LogP contribution in [0.5, 0.6) is 23.3 Å². The molecule has 2 unspecified atom stereocenters. The Balaban J connectivity index is 1.11. The third kappa shape index (κ3) is 9.48. The number of imidazole rings is 2. The lowest BCUT2D eigenvalue weighted by Gasteiger charge is -2.23. The second kappa shape index (κ2) is 18.6. The number of benzene rings is 4. The maximum Gasteiger partial charge on any atom is 0.247 e. The molecule has 0 saturated heterocycles. The minimum Gasteiger partial charge on any atom is -0.437 e. The van der Waals surface area contributed by atoms with Crippen LogP contribution in [0, 0.1) is 41.5 Å². The van der Waals surface area contributed by atoms with E-state index in [-0.39, 0.29) is 12.2 Å². The fourth-order valence-electron chi connectivity index (χ4n) is 7.72. The molecule has 0 amide bonds. The van der Waals surface area contributed by atoms with Gasteiger partial charge in [-0.2, -0.15) is 0 Å². The van der Waals surface area contributed by atoms with E-state index in [0.717, 1.165) is 78.9 Å². The number of ether oxygens (including phenoxy) is 3. The van der Waals surface area contributed by atoms with Gasteiger partial charge in [0.25, 0.3) is 0 Å². The molecule has 61 heavy (non-hydrogen) atoms. The standard InChI is InChI=1S/C52H52N6O3/c1-35-37(3)53-51(60-43-23-15-9-16-24-43)47-49(35)57(39(5)55-47)33-31-45(29-27-41-19-11-7-12-20-41)59-46(30-28-42-21-13-8-14-22-42)32-34-58-40(6)56-48-50(58)36(2)38(4)54-52(48)61-44-25-17-10-18-26-44/h7-30,45-46H,31-34H2,1-6H3. The van der Waals surface area contributed by atoms with E-state index in [4.69, 9.17) is 34.1 Å². The highest BCUT2D eigenvalue weighted by atomic mass is 16.5. The summed E-state index contributed by atoms with van der Waals surface area (Å²) in [7, 11) is 0. The summed E-state index contributed by atoms with van der Waals surface area (Å²) in [5.74, 6) is 4.26. The fraction of sp³-hybridized carbons (Fsp3) is 0.231. The summed E-state index contributed by atoms with van der Waals surface area (Å²) in [5, 5.41) is 0. The highest BCUT2D eigenvalue weighted by Gasteiger charge is 2.23. The average molecular weight is 809 g/mol. The molecular weight excluding hydrogens is 757 g/mol. The number of aryl methyl sites for hydroxylation is 8. The molecular formula is C52H52N6O3. The summed E-state index contributed by atoms with van der Waals surface area (Å²) in [6.45, 7) is 13.7. The lowest BCUT2D eigenvalue weighted by Crippen LogP contribution is -2.23. The monoisotopic (exact) mass is 808 g/mol. The number of hydrogen-bond donors (Lipinski definition) is 0. The van der Waals surface area contributed by atoms with E-state index in [2.05, 4.69) is 110 Å². The van der Waals surface area contributed by atoms with Crippen molar-refractivity contribution in [2.75, 3.05) is 0 Å². The van der Waals surface area contributed by atoms with Gasteiger partial charge in [-0.3, -0.25) is 0 Å². The quantitative estimate of drug-likeness (QED) is 0.0960. The molecule has 9 heteroatoms. The van der Waals surface area contributed by atoms with E-state index in [0.29, 0.717) is 37.7 Å². The molecule has 9 nitrogen and oxygen atoms in total. The van der Waals surface area contributed by atoms with Gasteiger partial charge in [0.15, 0.2) is 11.0 Å². The topological polar surface area (TPSA) is 89.1 Å². The van der Waals surface area contributed by atoms with Gasteiger partial charge >= 0.3 is 0 Å². The molecule has 0 radical (unpaired) electrons. The number of pyridine rings is 2. The number of fused-ring (bicyclic) bond motifs is 2. The number of hydrogen-bond acceptors (Lipinski definition) is 7. The van der Waals surface area contributed by atoms with Crippen LogP contribution in [0.4, 0.5) is 0 Å². The first-order valence-electron chi connectivity index (χ1n) is 21.0. The molecule has 0 spiro atoms. The maximum atomic E-state index is 7.19. The van der Waals surface area contributed by atoms with Gasteiger partial charge in [0.05, 0.1) is 23.2 Å². The van der Waals surface area contributed by atoms with E-state index in [1.165, 1.54) is 0 Å². The van der Waals surface area contributed by atoms with Gasteiger partial charge in [0.2, 0.25) is 11.8 Å². The van der Waals surface area contributed by atoms with Gasteiger partial charge in [-0.05, 0) is 101 Å². The van der Waals surface area contributed by atoms with E-state index in [1.807, 2.05) is 86.6 Å². The summed E-state index contributed by atoms with van der Waals surface area (Å²) in [5.41, 5.74) is 9.78. The molecule has 0 aliphatic rings. The zero-order valence-corrected chi connectivity index (χ0v) is 35.7. The number of para-hydroxylation sites is 2. The highest BCUT2D eigenvalue weighted by Crippen LogP contribution is 2.34. The van der Waals surface area contributed by atoms with Gasteiger partial charge in [-0.1, -0.05) is 121 Å². The van der Waals surface area contributed by atoms with Crippen molar-refractivity contribution in [1.29, 1.82) is 0 Å². The van der Waals surface area contributed by atoms with Crippen LogP contribution in [-0.4, -0.2) is 41.3 Å². The largest absolute Gasteiger partial charge is 0.437 e. The van der Waals surface area contributed by atoms with Crippen LogP contribution in [0.1, 0.15) is 58.1 Å². The van der Waals surface area contributed by atoms with Gasteiger partial charge < -0.3 is 23.3 Å². The molecule has 8 aromatic rings. The van der Waals surface area contributed by atoms with Crippen molar-refractivity contribution in [2.24, 2.45) is 0 Å². The Hall–Kier alpha value is -6.84. The Morgan fingerprint density at radius 1 is 0.475 bits per heavy atom. The molecule has 2 atom stereocenters. The lowest BCUT2D eigenvalue weighted by molar-refractivity contribution is 0.0288. The predicted octanol–water partition coefficient (Wildman–Crippen LogP) is 12.3. The van der Waals surface area contributed by atoms with Crippen LogP contribution in [-0.2, 0) is 17.8 Å². The van der Waals surface area contributed by atoms with Gasteiger partial charge in [-0.25, -0.2) is 19.9 Å². The Bertz CT molecular complexity index is 2600. The lowest BCUT2D eigenvalue weighted by atomic mass is 10.1. The second-order valence-electron chi connectivity index (χ2n) is 15.4. The van der Waals surface area contributed by atoms with Crippen LogP contribution in [0.2, 0.25) is 0 Å². The summed E-state index contributed by atoms with van der Waals surface area (Å²) < 4.78 is 24.4. The van der Waals surface area contributed by atoms with Crippen molar-refractivity contribution in [3.8, 4) is 23.3 Å². The van der Waals surface area contributed by atoms with Crippen molar-refractivity contribution in [3.05, 3.63) is 179 Å². The number of rotatable bonds is 16. The first-order valence-corrected chi connectivity index (χ1v) is 21.0. The average Bonchev–Trinajstić information content (AvgIpc) is 3.80. The van der Waals surface area contributed by atoms with Crippen LogP contribution in [0.3, 0.4) is 0 Å². The van der Waals surface area contributed by atoms with E-state index in [1.54, 1.807) is 0 Å². The summed E-state index contributed by atoms with van der Waals surface area (Å²) >= 11 is 0. The molecule has 0 aliphatic carbocycles. The molecule has 4 aromatic heterocycles. The number of aromatic nitrogens is 6. The Morgan fingerprint density at radius 2 is 0.836 bits per heavy atom. The molecule has 0 fully saturated rings. The molecule has 0 bridgehead atoms. The summed E-state index contributed by atoms with van der Waals surface area (Å²) in [6, 6.07) is 40.3. The van der Waals surface area contributed by atoms with Crippen LogP contribution in [0.25, 0.3) is 34.2 Å². The van der Waals surface area contributed by atoms with E-state index in [9.17, 15) is 0 Å². The molecule has 8 rings (SSSR count). The van der Waals surface area contributed by atoms with E-state index < -0.39 is 0 Å². The summed E-state index contributed by atoms with van der Waals surface area (Å²) in [4.78, 5) is 19.7. The second-order valence-corrected chi connectivity index (χ2v) is 15.4. The van der Waals surface area contributed by atoms with E-state index >= 15 is 0 Å². The summed E-state index contributed by atoms with van der Waals surface area (Å²) in [6.07, 6.45) is 9.66. The third-order valence-corrected chi connectivity index (χ3v) is 11.2. The first-order chi connectivity index (χ1) is 29.7. The van der Waals surface area contributed by atoms with Crippen LogP contribution >= 0.6 is 0 Å². The molecule has 4 aromatic carbocycles. The maximum absolute atomic E-state index is 7.19. The molecule has 0 N–H and O–H groups in total. The van der Waals surface area contributed by atoms with Crippen molar-refractivity contribution < 1.29 is 14.2 Å². The zero-order valence-electron chi connectivity index (χ0n) is 35.7. The van der Waals surface area contributed by atoms with Crippen LogP contribution < -0.4 is 9.47 Å². The minimum atomic E-state index is -0.231. The van der Waals surface area contributed by atoms with Crippen molar-refractivity contribution in [1.82, 2.24) is 29.1 Å². The molecule has 0 saturated carbocycles. The third-order valence-electron chi connectivity index (χ3n) is 11.2. The first kappa shape index (κ1) is 40.9. The minimum absolute atomic E-state index is 0.231. The van der Waals surface area contributed by atoms with Crippen molar-refractivity contribution >= 4 is 34.2 Å².